The van der Waals surface area contributed by atoms with E-state index >= 15 is 0 Å². The van der Waals surface area contributed by atoms with Gasteiger partial charge in [0.1, 0.15) is 17.2 Å². The Kier molecular flexibility index (Phi) is 7.21. The highest BCUT2D eigenvalue weighted by Crippen LogP contribution is 2.38. The minimum Gasteiger partial charge on any atom is -0.497 e. The molecule has 2 unspecified atom stereocenters. The van der Waals surface area contributed by atoms with Gasteiger partial charge in [0.15, 0.2) is 5.17 Å². The number of anilines is 1. The number of thioether (sulfide) groups is 1. The number of likely N-dealkylation sites (tertiary alicyclic amines) is 1. The zero-order valence-corrected chi connectivity index (χ0v) is 22.2. The Balaban J connectivity index is 1.24. The molecule has 1 fully saturated rings. The summed E-state index contributed by atoms with van der Waals surface area (Å²) in [5, 5.41) is 4.90. The summed E-state index contributed by atoms with van der Waals surface area (Å²) in [5.41, 5.74) is 3.26. The van der Waals surface area contributed by atoms with E-state index < -0.39 is 0 Å². The van der Waals surface area contributed by atoms with Gasteiger partial charge in [0.25, 0.3) is 0 Å². The molecule has 6 nitrogen and oxygen atoms in total. The van der Waals surface area contributed by atoms with Gasteiger partial charge in [-0.1, -0.05) is 62.9 Å². The number of fused-ring (bicyclic) bond motifs is 1. The van der Waals surface area contributed by atoms with Crippen molar-refractivity contribution in [2.24, 2.45) is 4.99 Å². The van der Waals surface area contributed by atoms with E-state index in [9.17, 15) is 0 Å². The molecule has 3 heterocycles. The van der Waals surface area contributed by atoms with Gasteiger partial charge in [0.2, 0.25) is 5.88 Å². The summed E-state index contributed by atoms with van der Waals surface area (Å²) >= 11 is 1.83. The number of aliphatic imine (C=N–C) groups is 1. The Morgan fingerprint density at radius 3 is 2.64 bits per heavy atom. The Morgan fingerprint density at radius 2 is 1.86 bits per heavy atom. The lowest BCUT2D eigenvalue weighted by Crippen LogP contribution is -2.42. The number of benzene rings is 2. The van der Waals surface area contributed by atoms with Crippen molar-refractivity contribution in [3.05, 3.63) is 78.0 Å². The minimum atomic E-state index is -0.0300. The van der Waals surface area contributed by atoms with Gasteiger partial charge in [-0.15, -0.1) is 0 Å². The van der Waals surface area contributed by atoms with E-state index in [0.29, 0.717) is 17.2 Å². The number of ether oxygens (including phenoxy) is 2. The molecule has 0 spiro atoms. The number of nitrogens with one attached hydrogen (secondary N) is 1. The molecule has 2 aliphatic rings. The number of methoxy groups -OCH3 is 1. The fraction of sp³-hybridized carbons (Fsp3) is 0.379. The smallest absolute Gasteiger partial charge is 0.243 e. The van der Waals surface area contributed by atoms with Crippen molar-refractivity contribution in [3.8, 4) is 17.4 Å². The van der Waals surface area contributed by atoms with Crippen LogP contribution in [0.5, 0.6) is 17.4 Å². The van der Waals surface area contributed by atoms with Gasteiger partial charge >= 0.3 is 0 Å². The monoisotopic (exact) mass is 502 g/mol. The molecule has 1 N–H and O–H groups in total. The molecular formula is C29H34N4O2S. The second-order valence-electron chi connectivity index (χ2n) is 10.4. The number of hydrogen-bond donors (Lipinski definition) is 1. The third-order valence-corrected chi connectivity index (χ3v) is 7.83. The van der Waals surface area contributed by atoms with E-state index in [-0.39, 0.29) is 5.41 Å². The summed E-state index contributed by atoms with van der Waals surface area (Å²) in [4.78, 5) is 12.1. The zero-order valence-electron chi connectivity index (χ0n) is 21.4. The normalized spacial score (nSPS) is 19.9. The average Bonchev–Trinajstić information content (AvgIpc) is 3.27. The van der Waals surface area contributed by atoms with Crippen LogP contribution in [0.1, 0.15) is 38.3 Å². The first-order valence-electron chi connectivity index (χ1n) is 12.5. The van der Waals surface area contributed by atoms with E-state index in [0.717, 1.165) is 54.0 Å². The van der Waals surface area contributed by atoms with Crippen LogP contribution in [-0.2, 0) is 12.0 Å². The van der Waals surface area contributed by atoms with Crippen LogP contribution in [0.4, 0.5) is 5.69 Å². The molecule has 5 rings (SSSR count). The molecule has 0 bridgehead atoms. The summed E-state index contributed by atoms with van der Waals surface area (Å²) in [7, 11) is 1.70. The van der Waals surface area contributed by atoms with Crippen molar-refractivity contribution in [2.45, 2.75) is 50.4 Å². The molecule has 2 atom stereocenters. The Labute approximate surface area is 218 Å². The molecular weight excluding hydrogens is 468 g/mol. The average molecular weight is 503 g/mol. The van der Waals surface area contributed by atoms with Gasteiger partial charge in [-0.05, 0) is 47.7 Å². The predicted molar refractivity (Wildman–Crippen MR) is 149 cm³/mol. The molecule has 0 saturated carbocycles. The maximum atomic E-state index is 6.34. The lowest BCUT2D eigenvalue weighted by Gasteiger charge is -2.33. The van der Waals surface area contributed by atoms with Crippen LogP contribution in [0, 0.1) is 0 Å². The fourth-order valence-corrected chi connectivity index (χ4v) is 6.00. The second kappa shape index (κ2) is 10.5. The molecule has 0 aliphatic carbocycles. The van der Waals surface area contributed by atoms with Crippen molar-refractivity contribution in [3.63, 3.8) is 0 Å². The lowest BCUT2D eigenvalue weighted by molar-refractivity contribution is 0.214. The molecule has 1 saturated heterocycles. The summed E-state index contributed by atoms with van der Waals surface area (Å²) in [6.45, 7) is 9.59. The molecule has 36 heavy (non-hydrogen) atoms. The first-order chi connectivity index (χ1) is 17.4. The molecule has 0 amide bonds. The predicted octanol–water partition coefficient (Wildman–Crippen LogP) is 6.34. The van der Waals surface area contributed by atoms with Crippen molar-refractivity contribution in [1.82, 2.24) is 9.88 Å². The summed E-state index contributed by atoms with van der Waals surface area (Å²) in [6.07, 6.45) is 2.83. The number of hydrogen-bond acceptors (Lipinski definition) is 7. The van der Waals surface area contributed by atoms with Crippen molar-refractivity contribution < 1.29 is 9.47 Å². The quantitative estimate of drug-likeness (QED) is 0.425. The topological polar surface area (TPSA) is 59.0 Å². The van der Waals surface area contributed by atoms with Gasteiger partial charge in [-0.2, -0.15) is 0 Å². The molecule has 188 valence electrons. The number of aromatic nitrogens is 1. The zero-order chi connectivity index (χ0) is 25.1. The van der Waals surface area contributed by atoms with Crippen LogP contribution in [-0.4, -0.2) is 46.5 Å². The number of para-hydroxylation sites is 1. The van der Waals surface area contributed by atoms with Crippen LogP contribution >= 0.6 is 11.8 Å². The van der Waals surface area contributed by atoms with E-state index in [1.807, 2.05) is 48.2 Å². The molecule has 0 radical (unpaired) electrons. The maximum Gasteiger partial charge on any atom is 0.243 e. The summed E-state index contributed by atoms with van der Waals surface area (Å²) in [6, 6.07) is 20.8. The van der Waals surface area contributed by atoms with Crippen LogP contribution in [0.15, 0.2) is 71.9 Å². The SMILES string of the molecule is COc1ccc(CN2CCC3N=C(Nc4cccnc4Oc4ccccc4C(C)(C)C)SC3C2)cc1. The van der Waals surface area contributed by atoms with Gasteiger partial charge < -0.3 is 14.8 Å². The Bertz CT molecular complexity index is 1220. The van der Waals surface area contributed by atoms with Gasteiger partial charge in [0, 0.05) is 36.6 Å². The maximum absolute atomic E-state index is 6.34. The summed E-state index contributed by atoms with van der Waals surface area (Å²) < 4.78 is 11.6. The molecule has 1 aromatic heterocycles. The number of pyridine rings is 1. The van der Waals surface area contributed by atoms with Gasteiger partial charge in [-0.3, -0.25) is 9.89 Å². The molecule has 2 aliphatic heterocycles. The standard InChI is InChI=1S/C29H34N4O2S/c1-29(2,3)22-8-5-6-10-25(22)35-27-24(9-7-16-30-27)32-28-31-23-15-17-33(19-26(23)36-28)18-20-11-13-21(34-4)14-12-20/h5-14,16,23,26H,15,17-19H2,1-4H3,(H,31,32). The van der Waals surface area contributed by atoms with Gasteiger partial charge in [0.05, 0.1) is 13.2 Å². The number of piperidine rings is 1. The van der Waals surface area contributed by atoms with Crippen molar-refractivity contribution >= 4 is 22.6 Å². The van der Waals surface area contributed by atoms with Crippen molar-refractivity contribution in [1.29, 1.82) is 0 Å². The third-order valence-electron chi connectivity index (χ3n) is 6.63. The van der Waals surface area contributed by atoms with Crippen molar-refractivity contribution in [2.75, 3.05) is 25.5 Å². The first-order valence-corrected chi connectivity index (χ1v) is 13.4. The molecule has 7 heteroatoms. The Morgan fingerprint density at radius 1 is 1.06 bits per heavy atom. The van der Waals surface area contributed by atoms with Crippen LogP contribution in [0.3, 0.4) is 0 Å². The fourth-order valence-electron chi connectivity index (χ4n) is 4.71. The van der Waals surface area contributed by atoms with E-state index in [2.05, 4.69) is 60.2 Å². The molecule has 2 aromatic carbocycles. The highest BCUT2D eigenvalue weighted by atomic mass is 32.2. The first kappa shape index (κ1) is 24.7. The number of amidine groups is 1. The highest BCUT2D eigenvalue weighted by molar-refractivity contribution is 8.15. The minimum absolute atomic E-state index is 0.0300. The van der Waals surface area contributed by atoms with Crippen LogP contribution in [0.25, 0.3) is 0 Å². The van der Waals surface area contributed by atoms with E-state index in [4.69, 9.17) is 14.5 Å². The van der Waals surface area contributed by atoms with E-state index in [1.165, 1.54) is 5.56 Å². The lowest BCUT2D eigenvalue weighted by atomic mass is 9.86. The van der Waals surface area contributed by atoms with Crippen LogP contribution in [0.2, 0.25) is 0 Å². The second-order valence-corrected chi connectivity index (χ2v) is 11.6. The van der Waals surface area contributed by atoms with Gasteiger partial charge in [-0.25, -0.2) is 4.98 Å². The third kappa shape index (κ3) is 5.68. The number of nitrogens with zero attached hydrogens (tertiary/aromatic N) is 3. The number of rotatable bonds is 6. The highest BCUT2D eigenvalue weighted by Gasteiger charge is 2.35. The summed E-state index contributed by atoms with van der Waals surface area (Å²) in [5.74, 6) is 2.29. The van der Waals surface area contributed by atoms with E-state index in [1.54, 1.807) is 13.3 Å². The van der Waals surface area contributed by atoms with Crippen LogP contribution < -0.4 is 14.8 Å². The Hall–Kier alpha value is -3.03. The largest absolute Gasteiger partial charge is 0.497 e. The molecule has 3 aromatic rings.